The van der Waals surface area contributed by atoms with Crippen LogP contribution in [0.1, 0.15) is 32.8 Å². The normalized spacial score (nSPS) is 20.3. The second-order valence-electron chi connectivity index (χ2n) is 6.03. The number of benzene rings is 1. The minimum Gasteiger partial charge on any atom is -0.324 e. The number of hydrogen-bond acceptors (Lipinski definition) is 3. The van der Waals surface area contributed by atoms with Crippen molar-refractivity contribution in [1.82, 2.24) is 4.90 Å². The molecular weight excluding hydrogens is 308 g/mol. The maximum atomic E-state index is 12.6. The highest BCUT2D eigenvalue weighted by Crippen LogP contribution is 2.32. The smallest absolute Gasteiger partial charge is 0.248 e. The van der Waals surface area contributed by atoms with E-state index in [1.807, 2.05) is 52.0 Å². The highest BCUT2D eigenvalue weighted by molar-refractivity contribution is 8.00. The molecule has 4 nitrogen and oxygen atoms in total. The highest BCUT2D eigenvalue weighted by atomic mass is 32.2. The van der Waals surface area contributed by atoms with E-state index in [1.54, 1.807) is 22.7 Å². The number of thioether (sulfide) groups is 1. The fourth-order valence-corrected chi connectivity index (χ4v) is 3.92. The molecule has 1 fully saturated rings. The Hall–Kier alpha value is -1.75. The second kappa shape index (κ2) is 7.68. The van der Waals surface area contributed by atoms with Crippen LogP contribution in [-0.4, -0.2) is 33.9 Å². The molecule has 0 spiro atoms. The Bertz CT molecular complexity index is 606. The van der Waals surface area contributed by atoms with E-state index in [0.29, 0.717) is 5.75 Å². The number of rotatable bonds is 4. The molecule has 0 saturated carbocycles. The molecule has 1 aromatic rings. The molecule has 0 aliphatic carbocycles. The van der Waals surface area contributed by atoms with Crippen LogP contribution < -0.4 is 5.32 Å². The fraction of sp³-hybridized carbons (Fsp3) is 0.444. The number of hydrogen-bond donors (Lipinski definition) is 1. The summed E-state index contributed by atoms with van der Waals surface area (Å²) in [6.07, 6.45) is 2.45. The first-order chi connectivity index (χ1) is 10.9. The first kappa shape index (κ1) is 17.6. The van der Waals surface area contributed by atoms with E-state index in [4.69, 9.17) is 0 Å². The van der Waals surface area contributed by atoms with Gasteiger partial charge in [0.2, 0.25) is 11.8 Å². The van der Waals surface area contributed by atoms with Crippen molar-refractivity contribution in [3.05, 3.63) is 41.5 Å². The molecule has 2 unspecified atom stereocenters. The fourth-order valence-electron chi connectivity index (χ4n) is 2.56. The van der Waals surface area contributed by atoms with Crippen molar-refractivity contribution < 1.29 is 9.59 Å². The van der Waals surface area contributed by atoms with Gasteiger partial charge in [-0.3, -0.25) is 9.59 Å². The van der Waals surface area contributed by atoms with Crippen molar-refractivity contribution in [2.45, 2.75) is 45.5 Å². The molecule has 2 rings (SSSR count). The average Bonchev–Trinajstić information content (AvgIpc) is 2.93. The summed E-state index contributed by atoms with van der Waals surface area (Å²) in [5, 5.41) is 2.99. The summed E-state index contributed by atoms with van der Waals surface area (Å²) in [4.78, 5) is 26.8. The lowest BCUT2D eigenvalue weighted by atomic mass is 10.2. The minimum atomic E-state index is -0.422. The molecular formula is C18H24N2O2S. The van der Waals surface area contributed by atoms with Gasteiger partial charge in [-0.05, 0) is 39.3 Å². The molecule has 5 heteroatoms. The van der Waals surface area contributed by atoms with Crippen LogP contribution in [0.2, 0.25) is 0 Å². The van der Waals surface area contributed by atoms with Gasteiger partial charge in [-0.1, -0.05) is 30.2 Å². The molecule has 1 aliphatic heterocycles. The van der Waals surface area contributed by atoms with E-state index in [0.717, 1.165) is 23.2 Å². The zero-order valence-corrected chi connectivity index (χ0v) is 14.9. The number of nitrogens with one attached hydrogen (secondary N) is 1. The van der Waals surface area contributed by atoms with Crippen LogP contribution in [0, 0.1) is 6.92 Å². The monoisotopic (exact) mass is 332 g/mol. The van der Waals surface area contributed by atoms with E-state index < -0.39 is 6.04 Å². The molecule has 2 amide bonds. The molecule has 1 aliphatic rings. The molecule has 0 aromatic heterocycles. The third-order valence-electron chi connectivity index (χ3n) is 3.73. The third kappa shape index (κ3) is 4.38. The lowest BCUT2D eigenvalue weighted by Crippen LogP contribution is -2.47. The van der Waals surface area contributed by atoms with E-state index >= 15 is 0 Å². The molecule has 0 radical (unpaired) electrons. The Labute approximate surface area is 142 Å². The van der Waals surface area contributed by atoms with Gasteiger partial charge in [0.25, 0.3) is 0 Å². The number of anilines is 1. The summed E-state index contributed by atoms with van der Waals surface area (Å²) in [6.45, 7) is 7.83. The van der Waals surface area contributed by atoms with Gasteiger partial charge in [0.05, 0.1) is 5.37 Å². The summed E-state index contributed by atoms with van der Waals surface area (Å²) in [5.74, 6) is 0.442. The van der Waals surface area contributed by atoms with Crippen LogP contribution in [0.5, 0.6) is 0 Å². The molecule has 1 aromatic carbocycles. The van der Waals surface area contributed by atoms with Crippen LogP contribution >= 0.6 is 11.8 Å². The quantitative estimate of drug-likeness (QED) is 0.858. The Balaban J connectivity index is 2.15. The molecule has 1 saturated heterocycles. The maximum Gasteiger partial charge on any atom is 0.248 e. The number of aryl methyl sites for hydroxylation is 1. The number of nitrogens with zero attached hydrogens (tertiary/aromatic N) is 1. The second-order valence-corrected chi connectivity index (χ2v) is 7.25. The molecule has 2 atom stereocenters. The van der Waals surface area contributed by atoms with Crippen LogP contribution in [0.3, 0.4) is 0 Å². The van der Waals surface area contributed by atoms with Crippen LogP contribution in [0.4, 0.5) is 5.69 Å². The molecule has 0 bridgehead atoms. The van der Waals surface area contributed by atoms with Crippen molar-refractivity contribution in [2.24, 2.45) is 0 Å². The van der Waals surface area contributed by atoms with Gasteiger partial charge in [-0.15, -0.1) is 11.8 Å². The summed E-state index contributed by atoms with van der Waals surface area (Å²) < 4.78 is 0. The van der Waals surface area contributed by atoms with Crippen molar-refractivity contribution in [1.29, 1.82) is 0 Å². The molecule has 124 valence electrons. The number of carbonyl (C=O) groups is 2. The standard InChI is InChI=1S/C18H24N2O2S/c1-5-17-20(16(21)10-12(2)3)15(11-23-17)18(22)19-14-8-6-13(4)7-9-14/h6-10,15,17H,5,11H2,1-4H3,(H,19,22). The van der Waals surface area contributed by atoms with Gasteiger partial charge in [0.1, 0.15) is 6.04 Å². The van der Waals surface area contributed by atoms with Crippen molar-refractivity contribution >= 4 is 29.3 Å². The molecule has 23 heavy (non-hydrogen) atoms. The predicted molar refractivity (Wildman–Crippen MR) is 96.4 cm³/mol. The third-order valence-corrected chi connectivity index (χ3v) is 5.18. The summed E-state index contributed by atoms with van der Waals surface area (Å²) in [5.41, 5.74) is 2.85. The molecule has 1 N–H and O–H groups in total. The Morgan fingerprint density at radius 3 is 2.52 bits per heavy atom. The SMILES string of the molecule is CCC1SCC(C(=O)Nc2ccc(C)cc2)N1C(=O)C=C(C)C. The first-order valence-electron chi connectivity index (χ1n) is 7.88. The van der Waals surface area contributed by atoms with Gasteiger partial charge in [0.15, 0.2) is 0 Å². The number of amides is 2. The zero-order chi connectivity index (χ0) is 17.0. The number of carbonyl (C=O) groups excluding carboxylic acids is 2. The van der Waals surface area contributed by atoms with Crippen LogP contribution in [-0.2, 0) is 9.59 Å². The minimum absolute atomic E-state index is 0.0619. The summed E-state index contributed by atoms with van der Waals surface area (Å²) >= 11 is 1.67. The van der Waals surface area contributed by atoms with E-state index in [9.17, 15) is 9.59 Å². The van der Waals surface area contributed by atoms with Crippen LogP contribution in [0.15, 0.2) is 35.9 Å². The largest absolute Gasteiger partial charge is 0.324 e. The molecule has 1 heterocycles. The lowest BCUT2D eigenvalue weighted by Gasteiger charge is -2.27. The first-order valence-corrected chi connectivity index (χ1v) is 8.93. The topological polar surface area (TPSA) is 49.4 Å². The summed E-state index contributed by atoms with van der Waals surface area (Å²) in [7, 11) is 0. The van der Waals surface area contributed by atoms with Crippen LogP contribution in [0.25, 0.3) is 0 Å². The van der Waals surface area contributed by atoms with E-state index in [1.165, 1.54) is 0 Å². The predicted octanol–water partition coefficient (Wildman–Crippen LogP) is 3.58. The van der Waals surface area contributed by atoms with Gasteiger partial charge in [0, 0.05) is 17.5 Å². The Morgan fingerprint density at radius 2 is 1.96 bits per heavy atom. The van der Waals surface area contributed by atoms with Crippen molar-refractivity contribution in [2.75, 3.05) is 11.1 Å². The average molecular weight is 332 g/mol. The number of allylic oxidation sites excluding steroid dienone is 1. The maximum absolute atomic E-state index is 12.6. The Morgan fingerprint density at radius 1 is 1.30 bits per heavy atom. The van der Waals surface area contributed by atoms with E-state index in [-0.39, 0.29) is 17.2 Å². The van der Waals surface area contributed by atoms with Gasteiger partial charge in [-0.25, -0.2) is 0 Å². The zero-order valence-electron chi connectivity index (χ0n) is 14.1. The van der Waals surface area contributed by atoms with Crippen molar-refractivity contribution in [3.8, 4) is 0 Å². The van der Waals surface area contributed by atoms with Crippen molar-refractivity contribution in [3.63, 3.8) is 0 Å². The Kier molecular flexibility index (Phi) is 5.88. The van der Waals surface area contributed by atoms with Gasteiger partial charge >= 0.3 is 0 Å². The van der Waals surface area contributed by atoms with Gasteiger partial charge < -0.3 is 10.2 Å². The van der Waals surface area contributed by atoms with Gasteiger partial charge in [-0.2, -0.15) is 0 Å². The lowest BCUT2D eigenvalue weighted by molar-refractivity contribution is -0.134. The summed E-state index contributed by atoms with van der Waals surface area (Å²) in [6, 6.07) is 7.26. The van der Waals surface area contributed by atoms with E-state index in [2.05, 4.69) is 5.32 Å². The highest BCUT2D eigenvalue weighted by Gasteiger charge is 2.39.